The molecule has 7 heteroatoms. The minimum atomic E-state index is -0.518. The third-order valence-corrected chi connectivity index (χ3v) is 2.92. The third kappa shape index (κ3) is 3.32. The Labute approximate surface area is 125 Å². The highest BCUT2D eigenvalue weighted by molar-refractivity contribution is 5.89. The van der Waals surface area contributed by atoms with Gasteiger partial charge in [0.1, 0.15) is 0 Å². The molecule has 0 amide bonds. The van der Waals surface area contributed by atoms with Crippen molar-refractivity contribution in [3.63, 3.8) is 0 Å². The maximum atomic E-state index is 10.6. The van der Waals surface area contributed by atoms with Crippen molar-refractivity contribution in [3.05, 3.63) is 79.9 Å². The van der Waals surface area contributed by atoms with Gasteiger partial charge in [0.15, 0.2) is 0 Å². The molecule has 0 saturated heterocycles. The number of hydrogen-bond donors (Lipinski definition) is 0. The van der Waals surface area contributed by atoms with Crippen molar-refractivity contribution in [2.45, 2.75) is 0 Å². The Kier molecular flexibility index (Phi) is 4.24. The van der Waals surface area contributed by atoms with Crippen molar-refractivity contribution in [2.75, 3.05) is 0 Å². The van der Waals surface area contributed by atoms with Crippen LogP contribution in [0, 0.1) is 31.6 Å². The molecule has 108 valence electrons. The quantitative estimate of drug-likeness (QED) is 0.370. The van der Waals surface area contributed by atoms with Gasteiger partial charge >= 0.3 is 0 Å². The zero-order valence-corrected chi connectivity index (χ0v) is 11.2. The van der Waals surface area contributed by atoms with E-state index in [1.807, 2.05) is 6.07 Å². The minimum absolute atomic E-state index is 0.0361. The van der Waals surface area contributed by atoms with Gasteiger partial charge in [-0.3, -0.25) is 20.2 Å². The van der Waals surface area contributed by atoms with Crippen LogP contribution in [0.4, 0.5) is 11.4 Å². The highest BCUT2D eigenvalue weighted by atomic mass is 16.6. The van der Waals surface area contributed by atoms with E-state index in [0.29, 0.717) is 16.7 Å². The standard InChI is InChI=1S/C15H9N3O4/c16-10-13(12-3-7-15(8-4-12)18(21)22)9-11-1-5-14(6-2-11)17(19)20/h1-9H/b13-9+. The van der Waals surface area contributed by atoms with Gasteiger partial charge < -0.3 is 0 Å². The van der Waals surface area contributed by atoms with E-state index in [9.17, 15) is 25.5 Å². The Balaban J connectivity index is 2.32. The summed E-state index contributed by atoms with van der Waals surface area (Å²) in [5, 5.41) is 30.4. The SMILES string of the molecule is N#C/C(=C\c1ccc([N+](=O)[O-])cc1)c1ccc([N+](=O)[O-])cc1. The average molecular weight is 295 g/mol. The molecule has 0 unspecified atom stereocenters. The van der Waals surface area contributed by atoms with Crippen LogP contribution in [0.15, 0.2) is 48.5 Å². The Hall–Kier alpha value is -3.53. The number of allylic oxidation sites excluding steroid dienone is 1. The van der Waals surface area contributed by atoms with Crippen molar-refractivity contribution in [1.82, 2.24) is 0 Å². The van der Waals surface area contributed by atoms with E-state index in [4.69, 9.17) is 0 Å². The van der Waals surface area contributed by atoms with Crippen LogP contribution in [0.5, 0.6) is 0 Å². The zero-order chi connectivity index (χ0) is 16.1. The second-order valence-electron chi connectivity index (χ2n) is 4.32. The Morgan fingerprint density at radius 1 is 0.909 bits per heavy atom. The van der Waals surface area contributed by atoms with Crippen LogP contribution in [0.3, 0.4) is 0 Å². The van der Waals surface area contributed by atoms with E-state index in [-0.39, 0.29) is 11.4 Å². The van der Waals surface area contributed by atoms with E-state index >= 15 is 0 Å². The van der Waals surface area contributed by atoms with E-state index in [2.05, 4.69) is 0 Å². The van der Waals surface area contributed by atoms with E-state index in [0.717, 1.165) is 0 Å². The largest absolute Gasteiger partial charge is 0.269 e. The first kappa shape index (κ1) is 14.9. The van der Waals surface area contributed by atoms with Gasteiger partial charge in [0.2, 0.25) is 0 Å². The summed E-state index contributed by atoms with van der Waals surface area (Å²) in [5.74, 6) is 0. The highest BCUT2D eigenvalue weighted by Crippen LogP contribution is 2.21. The molecule has 0 aliphatic heterocycles. The highest BCUT2D eigenvalue weighted by Gasteiger charge is 2.08. The lowest BCUT2D eigenvalue weighted by Gasteiger charge is -2.00. The van der Waals surface area contributed by atoms with Crippen LogP contribution < -0.4 is 0 Å². The molecule has 2 aromatic rings. The lowest BCUT2D eigenvalue weighted by Crippen LogP contribution is -1.89. The molecule has 0 atom stereocenters. The van der Waals surface area contributed by atoms with Crippen LogP contribution in [0.2, 0.25) is 0 Å². The number of nitro benzene ring substituents is 2. The molecular weight excluding hydrogens is 286 g/mol. The predicted octanol–water partition coefficient (Wildman–Crippen LogP) is 3.57. The first-order valence-electron chi connectivity index (χ1n) is 6.12. The summed E-state index contributed by atoms with van der Waals surface area (Å²) in [7, 11) is 0. The van der Waals surface area contributed by atoms with Gasteiger partial charge in [-0.15, -0.1) is 0 Å². The number of hydrogen-bond acceptors (Lipinski definition) is 5. The van der Waals surface area contributed by atoms with E-state index < -0.39 is 9.85 Å². The van der Waals surface area contributed by atoms with Gasteiger partial charge in [-0.2, -0.15) is 5.26 Å². The number of rotatable bonds is 4. The number of nitriles is 1. The fraction of sp³-hybridized carbons (Fsp3) is 0. The first-order valence-corrected chi connectivity index (χ1v) is 6.12. The van der Waals surface area contributed by atoms with Crippen LogP contribution in [0.25, 0.3) is 11.6 Å². The maximum Gasteiger partial charge on any atom is 0.269 e. The third-order valence-electron chi connectivity index (χ3n) is 2.92. The molecule has 0 heterocycles. The van der Waals surface area contributed by atoms with Crippen LogP contribution >= 0.6 is 0 Å². The van der Waals surface area contributed by atoms with Gasteiger partial charge in [-0.25, -0.2) is 0 Å². The van der Waals surface area contributed by atoms with E-state index in [1.54, 1.807) is 6.08 Å². The van der Waals surface area contributed by atoms with Crippen LogP contribution in [0.1, 0.15) is 11.1 Å². The zero-order valence-electron chi connectivity index (χ0n) is 11.2. The van der Waals surface area contributed by atoms with Crippen molar-refractivity contribution in [3.8, 4) is 6.07 Å². The summed E-state index contributed by atoms with van der Waals surface area (Å²) in [6.07, 6.45) is 1.56. The molecule has 0 aromatic heterocycles. The fourth-order valence-electron chi connectivity index (χ4n) is 1.80. The summed E-state index contributed by atoms with van der Waals surface area (Å²) in [6.45, 7) is 0. The molecule has 2 aromatic carbocycles. The molecule has 0 aliphatic rings. The van der Waals surface area contributed by atoms with Crippen molar-refractivity contribution in [2.24, 2.45) is 0 Å². The second kappa shape index (κ2) is 6.28. The molecule has 2 rings (SSSR count). The average Bonchev–Trinajstić information content (AvgIpc) is 2.53. The lowest BCUT2D eigenvalue weighted by molar-refractivity contribution is -0.385. The topological polar surface area (TPSA) is 110 Å². The summed E-state index contributed by atoms with van der Waals surface area (Å²) in [4.78, 5) is 20.2. The first-order chi connectivity index (χ1) is 10.5. The molecule has 0 aliphatic carbocycles. The summed E-state index contributed by atoms with van der Waals surface area (Å²) in [5.41, 5.74) is 1.37. The van der Waals surface area contributed by atoms with Crippen molar-refractivity contribution < 1.29 is 9.85 Å². The molecule has 0 radical (unpaired) electrons. The van der Waals surface area contributed by atoms with Crippen LogP contribution in [-0.4, -0.2) is 9.85 Å². The summed E-state index contributed by atoms with van der Waals surface area (Å²) >= 11 is 0. The predicted molar refractivity (Wildman–Crippen MR) is 79.7 cm³/mol. The molecular formula is C15H9N3O4. The molecule has 0 spiro atoms. The fourth-order valence-corrected chi connectivity index (χ4v) is 1.80. The normalized spacial score (nSPS) is 10.8. The van der Waals surface area contributed by atoms with Crippen LogP contribution in [-0.2, 0) is 0 Å². The second-order valence-corrected chi connectivity index (χ2v) is 4.32. The Bertz CT molecular complexity index is 787. The minimum Gasteiger partial charge on any atom is -0.258 e. The molecule has 22 heavy (non-hydrogen) atoms. The Morgan fingerprint density at radius 3 is 1.77 bits per heavy atom. The van der Waals surface area contributed by atoms with Crippen molar-refractivity contribution >= 4 is 23.0 Å². The monoisotopic (exact) mass is 295 g/mol. The molecule has 7 nitrogen and oxygen atoms in total. The maximum absolute atomic E-state index is 10.6. The number of nitro groups is 2. The van der Waals surface area contributed by atoms with Gasteiger partial charge in [0.05, 0.1) is 21.5 Å². The molecule has 0 bridgehead atoms. The molecule has 0 fully saturated rings. The van der Waals surface area contributed by atoms with Crippen molar-refractivity contribution in [1.29, 1.82) is 5.26 Å². The summed E-state index contributed by atoms with van der Waals surface area (Å²) in [6, 6.07) is 13.4. The summed E-state index contributed by atoms with van der Waals surface area (Å²) < 4.78 is 0. The van der Waals surface area contributed by atoms with E-state index in [1.165, 1.54) is 48.5 Å². The van der Waals surface area contributed by atoms with Gasteiger partial charge in [-0.05, 0) is 41.5 Å². The molecule has 0 N–H and O–H groups in total. The molecule has 0 saturated carbocycles. The number of nitrogens with zero attached hydrogens (tertiary/aromatic N) is 3. The van der Waals surface area contributed by atoms with Gasteiger partial charge in [0, 0.05) is 24.3 Å². The van der Waals surface area contributed by atoms with Gasteiger partial charge in [-0.1, -0.05) is 0 Å². The van der Waals surface area contributed by atoms with Gasteiger partial charge in [0.25, 0.3) is 11.4 Å². The lowest BCUT2D eigenvalue weighted by atomic mass is 10.0. The Morgan fingerprint density at radius 2 is 1.36 bits per heavy atom. The number of non-ortho nitro benzene ring substituents is 2. The smallest absolute Gasteiger partial charge is 0.258 e. The number of benzene rings is 2.